The summed E-state index contributed by atoms with van der Waals surface area (Å²) in [5.74, 6) is 7.69. The van der Waals surface area contributed by atoms with E-state index in [0.717, 1.165) is 23.9 Å². The molecule has 0 radical (unpaired) electrons. The molecule has 0 spiro atoms. The first-order chi connectivity index (χ1) is 9.67. The molecule has 0 aromatic heterocycles. The average molecular weight is 271 g/mol. The maximum absolute atomic E-state index is 8.76. The number of hydrogen-bond donors (Lipinski definition) is 1. The van der Waals surface area contributed by atoms with Crippen molar-refractivity contribution in [3.05, 3.63) is 35.4 Å². The van der Waals surface area contributed by atoms with Crippen LogP contribution in [-0.2, 0) is 6.54 Å². The minimum atomic E-state index is 0.135. The van der Waals surface area contributed by atoms with Crippen molar-refractivity contribution >= 4 is 0 Å². The molecule has 1 aromatic carbocycles. The lowest BCUT2D eigenvalue weighted by atomic mass is 9.91. The van der Waals surface area contributed by atoms with Crippen molar-refractivity contribution in [1.82, 2.24) is 4.90 Å². The lowest BCUT2D eigenvalue weighted by Crippen LogP contribution is -2.38. The molecular formula is C18H25NO. The molecule has 1 aromatic rings. The molecule has 0 saturated carbocycles. The van der Waals surface area contributed by atoms with Crippen molar-refractivity contribution in [1.29, 1.82) is 0 Å². The molecule has 2 rings (SSSR count). The second kappa shape index (κ2) is 7.47. The normalized spacial score (nSPS) is 23.1. The molecule has 2 atom stereocenters. The highest BCUT2D eigenvalue weighted by Crippen LogP contribution is 2.22. The molecule has 2 heteroatoms. The fourth-order valence-corrected chi connectivity index (χ4v) is 3.15. The van der Waals surface area contributed by atoms with E-state index < -0.39 is 0 Å². The van der Waals surface area contributed by atoms with E-state index in [9.17, 15) is 0 Å². The Kier molecular flexibility index (Phi) is 5.64. The monoisotopic (exact) mass is 271 g/mol. The van der Waals surface area contributed by atoms with Crippen LogP contribution in [0.2, 0.25) is 0 Å². The molecule has 1 aliphatic rings. The Morgan fingerprint density at radius 3 is 2.70 bits per heavy atom. The van der Waals surface area contributed by atoms with Gasteiger partial charge >= 0.3 is 0 Å². The highest BCUT2D eigenvalue weighted by atomic mass is 16.2. The van der Waals surface area contributed by atoms with E-state index in [1.54, 1.807) is 0 Å². The molecule has 2 nitrogen and oxygen atoms in total. The van der Waals surface area contributed by atoms with Crippen LogP contribution in [0, 0.1) is 23.7 Å². The van der Waals surface area contributed by atoms with E-state index in [4.69, 9.17) is 5.11 Å². The Hall–Kier alpha value is -1.30. The SMILES string of the molecule is CC1CC(C)CN(Cc2cccc(C#CCCO)c2)C1. The number of nitrogens with zero attached hydrogens (tertiary/aromatic N) is 1. The summed E-state index contributed by atoms with van der Waals surface area (Å²) in [4.78, 5) is 2.55. The molecule has 20 heavy (non-hydrogen) atoms. The molecule has 1 fully saturated rings. The van der Waals surface area contributed by atoms with Crippen LogP contribution in [0.25, 0.3) is 0 Å². The summed E-state index contributed by atoms with van der Waals surface area (Å²) in [6, 6.07) is 8.47. The number of hydrogen-bond acceptors (Lipinski definition) is 2. The van der Waals surface area contributed by atoms with Gasteiger partial charge in [-0.05, 0) is 36.0 Å². The van der Waals surface area contributed by atoms with Crippen LogP contribution in [0.5, 0.6) is 0 Å². The largest absolute Gasteiger partial charge is 0.395 e. The fraction of sp³-hybridized carbons (Fsp3) is 0.556. The summed E-state index contributed by atoms with van der Waals surface area (Å²) in [6.45, 7) is 8.24. The van der Waals surface area contributed by atoms with Crippen LogP contribution in [0.15, 0.2) is 24.3 Å². The van der Waals surface area contributed by atoms with E-state index in [2.05, 4.69) is 48.8 Å². The summed E-state index contributed by atoms with van der Waals surface area (Å²) >= 11 is 0. The van der Waals surface area contributed by atoms with Crippen molar-refractivity contribution in [3.8, 4) is 11.8 Å². The third-order valence-electron chi connectivity index (χ3n) is 3.75. The summed E-state index contributed by atoms with van der Waals surface area (Å²) < 4.78 is 0. The van der Waals surface area contributed by atoms with Crippen molar-refractivity contribution in [2.45, 2.75) is 33.2 Å². The van der Waals surface area contributed by atoms with Gasteiger partial charge in [0.1, 0.15) is 0 Å². The Morgan fingerprint density at radius 1 is 1.25 bits per heavy atom. The average Bonchev–Trinajstić information content (AvgIpc) is 2.38. The zero-order valence-corrected chi connectivity index (χ0v) is 12.6. The zero-order valence-electron chi connectivity index (χ0n) is 12.6. The Labute approximate surface area is 122 Å². The summed E-state index contributed by atoms with van der Waals surface area (Å²) in [7, 11) is 0. The molecule has 0 aliphatic carbocycles. The first-order valence-electron chi connectivity index (χ1n) is 7.58. The van der Waals surface area contributed by atoms with Crippen molar-refractivity contribution < 1.29 is 5.11 Å². The molecule has 1 aliphatic heterocycles. The second-order valence-corrected chi connectivity index (χ2v) is 6.12. The number of aliphatic hydroxyl groups excluding tert-OH is 1. The Balaban J connectivity index is 1.99. The molecular weight excluding hydrogens is 246 g/mol. The van der Waals surface area contributed by atoms with E-state index in [1.807, 2.05) is 6.07 Å². The van der Waals surface area contributed by atoms with Gasteiger partial charge in [-0.25, -0.2) is 0 Å². The minimum absolute atomic E-state index is 0.135. The van der Waals surface area contributed by atoms with Crippen LogP contribution in [0.3, 0.4) is 0 Å². The lowest BCUT2D eigenvalue weighted by Gasteiger charge is -2.35. The zero-order chi connectivity index (χ0) is 14.4. The first-order valence-corrected chi connectivity index (χ1v) is 7.58. The van der Waals surface area contributed by atoms with Crippen molar-refractivity contribution in [2.24, 2.45) is 11.8 Å². The van der Waals surface area contributed by atoms with Gasteiger partial charge < -0.3 is 5.11 Å². The first kappa shape index (κ1) is 15.1. The summed E-state index contributed by atoms with van der Waals surface area (Å²) in [5.41, 5.74) is 2.39. The van der Waals surface area contributed by atoms with Gasteiger partial charge in [0.25, 0.3) is 0 Å². The predicted molar refractivity (Wildman–Crippen MR) is 83.2 cm³/mol. The van der Waals surface area contributed by atoms with Crippen LogP contribution in [0.4, 0.5) is 0 Å². The molecule has 2 unspecified atom stereocenters. The number of benzene rings is 1. The smallest absolute Gasteiger partial charge is 0.0540 e. The third kappa shape index (κ3) is 4.67. The summed E-state index contributed by atoms with van der Waals surface area (Å²) in [5, 5.41) is 8.76. The van der Waals surface area contributed by atoms with E-state index in [-0.39, 0.29) is 6.61 Å². The standard InChI is InChI=1S/C18H25NO/c1-15-10-16(2)13-19(12-15)14-18-8-5-7-17(11-18)6-3-4-9-20/h5,7-8,11,15-16,20H,4,9-10,12-14H2,1-2H3. The van der Waals surface area contributed by atoms with E-state index in [1.165, 1.54) is 25.1 Å². The molecule has 1 N–H and O–H groups in total. The maximum Gasteiger partial charge on any atom is 0.0540 e. The van der Waals surface area contributed by atoms with Gasteiger partial charge in [-0.15, -0.1) is 0 Å². The van der Waals surface area contributed by atoms with Crippen LogP contribution >= 0.6 is 0 Å². The molecule has 108 valence electrons. The van der Waals surface area contributed by atoms with Crippen LogP contribution in [-0.4, -0.2) is 29.7 Å². The van der Waals surface area contributed by atoms with Gasteiger partial charge in [-0.3, -0.25) is 4.90 Å². The maximum atomic E-state index is 8.76. The van der Waals surface area contributed by atoms with Crippen LogP contribution < -0.4 is 0 Å². The van der Waals surface area contributed by atoms with Crippen LogP contribution in [0.1, 0.15) is 37.8 Å². The Morgan fingerprint density at radius 2 is 2.00 bits per heavy atom. The van der Waals surface area contributed by atoms with Gasteiger partial charge in [0, 0.05) is 31.6 Å². The highest BCUT2D eigenvalue weighted by molar-refractivity contribution is 5.37. The van der Waals surface area contributed by atoms with Gasteiger partial charge in [0.05, 0.1) is 6.61 Å². The van der Waals surface area contributed by atoms with E-state index >= 15 is 0 Å². The van der Waals surface area contributed by atoms with Gasteiger partial charge in [0.15, 0.2) is 0 Å². The molecule has 0 bridgehead atoms. The number of aliphatic hydroxyl groups is 1. The molecule has 0 amide bonds. The van der Waals surface area contributed by atoms with Crippen molar-refractivity contribution in [2.75, 3.05) is 19.7 Å². The number of piperidine rings is 1. The topological polar surface area (TPSA) is 23.5 Å². The molecule has 1 heterocycles. The van der Waals surface area contributed by atoms with E-state index in [0.29, 0.717) is 6.42 Å². The number of likely N-dealkylation sites (tertiary alicyclic amines) is 1. The molecule has 1 saturated heterocycles. The van der Waals surface area contributed by atoms with Gasteiger partial charge in [0.2, 0.25) is 0 Å². The lowest BCUT2D eigenvalue weighted by molar-refractivity contribution is 0.134. The van der Waals surface area contributed by atoms with Gasteiger partial charge in [-0.1, -0.05) is 37.8 Å². The van der Waals surface area contributed by atoms with Gasteiger partial charge in [-0.2, -0.15) is 0 Å². The Bertz CT molecular complexity index is 476. The number of rotatable bonds is 3. The predicted octanol–water partition coefficient (Wildman–Crippen LogP) is 2.90. The van der Waals surface area contributed by atoms with Crippen molar-refractivity contribution in [3.63, 3.8) is 0 Å². The second-order valence-electron chi connectivity index (χ2n) is 6.12. The fourth-order valence-electron chi connectivity index (χ4n) is 3.15. The minimum Gasteiger partial charge on any atom is -0.395 e. The highest BCUT2D eigenvalue weighted by Gasteiger charge is 2.21. The third-order valence-corrected chi connectivity index (χ3v) is 3.75. The quantitative estimate of drug-likeness (QED) is 0.855. The summed E-state index contributed by atoms with van der Waals surface area (Å²) in [6.07, 6.45) is 1.90.